The fraction of sp³-hybridized carbons (Fsp3) is 0.357. The Balaban J connectivity index is 2.14. The molecule has 0 bridgehead atoms. The van der Waals surface area contributed by atoms with E-state index >= 15 is 0 Å². The summed E-state index contributed by atoms with van der Waals surface area (Å²) >= 11 is 5.35. The minimum atomic E-state index is 0.0196. The Morgan fingerprint density at radius 1 is 1.39 bits per heavy atom. The summed E-state index contributed by atoms with van der Waals surface area (Å²) in [6, 6.07) is 8.79. The van der Waals surface area contributed by atoms with Crippen molar-refractivity contribution in [1.29, 1.82) is 0 Å². The van der Waals surface area contributed by atoms with Crippen LogP contribution in [-0.2, 0) is 13.0 Å². The number of fused-ring (bicyclic) bond motifs is 1. The van der Waals surface area contributed by atoms with Crippen molar-refractivity contribution >= 4 is 12.2 Å². The van der Waals surface area contributed by atoms with Gasteiger partial charge >= 0.3 is 0 Å². The SMILES string of the molecule is OCc1c[nH]c(=S)n1C1CCCc2ccccc21. The van der Waals surface area contributed by atoms with E-state index in [0.717, 1.165) is 18.5 Å². The molecular formula is C14H16N2OS. The number of benzene rings is 1. The first kappa shape index (κ1) is 11.7. The summed E-state index contributed by atoms with van der Waals surface area (Å²) in [5, 5.41) is 9.42. The van der Waals surface area contributed by atoms with Crippen LogP contribution in [0.4, 0.5) is 0 Å². The molecular weight excluding hydrogens is 244 g/mol. The molecule has 18 heavy (non-hydrogen) atoms. The highest BCUT2D eigenvalue weighted by Crippen LogP contribution is 2.33. The number of hydrogen-bond donors (Lipinski definition) is 2. The van der Waals surface area contributed by atoms with Crippen LogP contribution < -0.4 is 0 Å². The van der Waals surface area contributed by atoms with E-state index in [-0.39, 0.29) is 12.6 Å². The number of nitrogens with zero attached hydrogens (tertiary/aromatic N) is 1. The zero-order valence-electron chi connectivity index (χ0n) is 10.1. The van der Waals surface area contributed by atoms with Gasteiger partial charge in [0.25, 0.3) is 0 Å². The van der Waals surface area contributed by atoms with Gasteiger partial charge in [-0.3, -0.25) is 0 Å². The second kappa shape index (κ2) is 4.71. The molecule has 0 amide bonds. The van der Waals surface area contributed by atoms with Gasteiger partial charge in [-0.2, -0.15) is 0 Å². The molecule has 1 aromatic carbocycles. The normalized spacial score (nSPS) is 18.6. The van der Waals surface area contributed by atoms with Crippen LogP contribution in [0.25, 0.3) is 0 Å². The third-order valence-electron chi connectivity index (χ3n) is 3.70. The van der Waals surface area contributed by atoms with E-state index in [9.17, 15) is 5.11 Å². The van der Waals surface area contributed by atoms with Crippen molar-refractivity contribution in [2.75, 3.05) is 0 Å². The maximum Gasteiger partial charge on any atom is 0.177 e. The summed E-state index contributed by atoms with van der Waals surface area (Å²) in [6.07, 6.45) is 5.19. The first-order valence-electron chi connectivity index (χ1n) is 6.28. The number of aromatic nitrogens is 2. The van der Waals surface area contributed by atoms with Crippen molar-refractivity contribution in [3.05, 3.63) is 52.1 Å². The van der Waals surface area contributed by atoms with Crippen molar-refractivity contribution in [2.24, 2.45) is 0 Å². The standard InChI is InChI=1S/C14H16N2OS/c17-9-11-8-15-14(18)16(11)13-7-3-5-10-4-1-2-6-12(10)13/h1-2,4,6,8,13,17H,3,5,7,9H2,(H,15,18). The average molecular weight is 260 g/mol. The van der Waals surface area contributed by atoms with E-state index in [1.807, 2.05) is 0 Å². The molecule has 3 rings (SSSR count). The fourth-order valence-electron chi connectivity index (χ4n) is 2.87. The van der Waals surface area contributed by atoms with Crippen molar-refractivity contribution < 1.29 is 5.11 Å². The number of H-pyrrole nitrogens is 1. The van der Waals surface area contributed by atoms with Gasteiger partial charge in [0.15, 0.2) is 4.77 Å². The molecule has 4 heteroatoms. The van der Waals surface area contributed by atoms with Gasteiger partial charge in [-0.25, -0.2) is 0 Å². The van der Waals surface area contributed by atoms with Gasteiger partial charge in [0.1, 0.15) is 0 Å². The van der Waals surface area contributed by atoms with E-state index in [1.54, 1.807) is 6.20 Å². The summed E-state index contributed by atoms with van der Waals surface area (Å²) in [6.45, 7) is 0.0196. The van der Waals surface area contributed by atoms with Crippen molar-refractivity contribution in [1.82, 2.24) is 9.55 Å². The molecule has 1 unspecified atom stereocenters. The van der Waals surface area contributed by atoms with Crippen LogP contribution in [-0.4, -0.2) is 14.7 Å². The maximum atomic E-state index is 9.42. The quantitative estimate of drug-likeness (QED) is 0.815. The Morgan fingerprint density at radius 2 is 2.22 bits per heavy atom. The summed E-state index contributed by atoms with van der Waals surface area (Å²) < 4.78 is 2.76. The highest BCUT2D eigenvalue weighted by atomic mass is 32.1. The van der Waals surface area contributed by atoms with Gasteiger partial charge < -0.3 is 14.7 Å². The Kier molecular flexibility index (Phi) is 3.06. The first-order chi connectivity index (χ1) is 8.81. The van der Waals surface area contributed by atoms with Crippen molar-refractivity contribution in [3.63, 3.8) is 0 Å². The molecule has 0 saturated carbocycles. The van der Waals surface area contributed by atoms with Gasteiger partial charge in [0.05, 0.1) is 18.3 Å². The predicted octanol–water partition coefficient (Wildman–Crippen LogP) is 2.96. The third kappa shape index (κ3) is 1.82. The number of rotatable bonds is 2. The minimum absolute atomic E-state index is 0.0196. The highest BCUT2D eigenvalue weighted by molar-refractivity contribution is 7.71. The van der Waals surface area contributed by atoms with Gasteiger partial charge in [0.2, 0.25) is 0 Å². The number of nitrogens with one attached hydrogen (secondary N) is 1. The summed E-state index contributed by atoms with van der Waals surface area (Å²) in [4.78, 5) is 3.03. The second-order valence-corrected chi connectivity index (χ2v) is 5.11. The van der Waals surface area contributed by atoms with Crippen LogP contribution >= 0.6 is 12.2 Å². The number of aliphatic hydroxyl groups is 1. The Bertz CT molecular complexity index is 614. The van der Waals surface area contributed by atoms with Crippen LogP contribution in [0.2, 0.25) is 0 Å². The van der Waals surface area contributed by atoms with Gasteiger partial charge in [-0.1, -0.05) is 24.3 Å². The van der Waals surface area contributed by atoms with Crippen LogP contribution in [0, 0.1) is 4.77 Å². The van der Waals surface area contributed by atoms with Gasteiger partial charge in [-0.05, 0) is 42.6 Å². The van der Waals surface area contributed by atoms with Crippen LogP contribution in [0.1, 0.15) is 35.7 Å². The van der Waals surface area contributed by atoms with E-state index in [4.69, 9.17) is 12.2 Å². The minimum Gasteiger partial charge on any atom is -0.390 e. The summed E-state index contributed by atoms with van der Waals surface area (Å²) in [5.41, 5.74) is 3.61. The summed E-state index contributed by atoms with van der Waals surface area (Å²) in [5.74, 6) is 0. The molecule has 0 aliphatic heterocycles. The molecule has 1 heterocycles. The van der Waals surface area contributed by atoms with E-state index in [0.29, 0.717) is 4.77 Å². The van der Waals surface area contributed by atoms with E-state index in [2.05, 4.69) is 33.8 Å². The van der Waals surface area contributed by atoms with Crippen molar-refractivity contribution in [3.8, 4) is 0 Å². The Hall–Kier alpha value is -1.39. The highest BCUT2D eigenvalue weighted by Gasteiger charge is 2.23. The summed E-state index contributed by atoms with van der Waals surface area (Å²) in [7, 11) is 0. The third-order valence-corrected chi connectivity index (χ3v) is 4.02. The first-order valence-corrected chi connectivity index (χ1v) is 6.69. The maximum absolute atomic E-state index is 9.42. The van der Waals surface area contributed by atoms with Crippen LogP contribution in [0.3, 0.4) is 0 Å². The molecule has 1 atom stereocenters. The average Bonchev–Trinajstić information content (AvgIpc) is 2.79. The topological polar surface area (TPSA) is 40.9 Å². The van der Waals surface area contributed by atoms with Gasteiger partial charge in [0, 0.05) is 6.20 Å². The second-order valence-electron chi connectivity index (χ2n) is 4.72. The molecule has 0 saturated heterocycles. The fourth-order valence-corrected chi connectivity index (χ4v) is 3.18. The molecule has 2 N–H and O–H groups in total. The molecule has 94 valence electrons. The van der Waals surface area contributed by atoms with Crippen molar-refractivity contribution in [2.45, 2.75) is 31.9 Å². The molecule has 1 aliphatic carbocycles. The number of aromatic amines is 1. The zero-order chi connectivity index (χ0) is 12.5. The van der Waals surface area contributed by atoms with Crippen LogP contribution in [0.5, 0.6) is 0 Å². The Labute approximate surface area is 111 Å². The number of aliphatic hydroxyl groups excluding tert-OH is 1. The molecule has 0 radical (unpaired) electrons. The molecule has 1 aliphatic rings. The predicted molar refractivity (Wildman–Crippen MR) is 73.1 cm³/mol. The Morgan fingerprint density at radius 3 is 3.06 bits per heavy atom. The lowest BCUT2D eigenvalue weighted by molar-refractivity contribution is 0.266. The monoisotopic (exact) mass is 260 g/mol. The number of imidazole rings is 1. The molecule has 0 fully saturated rings. The molecule has 0 spiro atoms. The largest absolute Gasteiger partial charge is 0.390 e. The molecule has 1 aromatic heterocycles. The van der Waals surface area contributed by atoms with E-state index < -0.39 is 0 Å². The molecule has 3 nitrogen and oxygen atoms in total. The smallest absolute Gasteiger partial charge is 0.177 e. The number of hydrogen-bond acceptors (Lipinski definition) is 2. The lowest BCUT2D eigenvalue weighted by atomic mass is 9.87. The molecule has 2 aromatic rings. The lowest BCUT2D eigenvalue weighted by Crippen LogP contribution is -2.19. The van der Waals surface area contributed by atoms with E-state index in [1.165, 1.54) is 17.5 Å². The zero-order valence-corrected chi connectivity index (χ0v) is 10.9. The van der Waals surface area contributed by atoms with Crippen LogP contribution in [0.15, 0.2) is 30.5 Å². The lowest BCUT2D eigenvalue weighted by Gasteiger charge is -2.27. The number of aryl methyl sites for hydroxylation is 1. The van der Waals surface area contributed by atoms with Gasteiger partial charge in [-0.15, -0.1) is 0 Å².